The normalized spacial score (nSPS) is 12.2. The Balaban J connectivity index is 2.81. The lowest BCUT2D eigenvalue weighted by Gasteiger charge is -2.13. The molecule has 1 atom stereocenters. The van der Waals surface area contributed by atoms with Crippen LogP contribution in [0.25, 0.3) is 0 Å². The third-order valence-electron chi connectivity index (χ3n) is 2.40. The topological polar surface area (TPSA) is 38.7 Å². The lowest BCUT2D eigenvalue weighted by molar-refractivity contribution is 0.166. The van der Waals surface area contributed by atoms with Crippen molar-refractivity contribution in [1.82, 2.24) is 0 Å². The molecule has 0 amide bonds. The fraction of sp³-hybridized carbons (Fsp3) is 0.500. The maximum absolute atomic E-state index is 9.88. The van der Waals surface area contributed by atoms with Gasteiger partial charge in [-0.05, 0) is 30.5 Å². The average molecular weight is 245 g/mol. The molecular weight excluding hydrogens is 228 g/mol. The number of alkyl halides is 1. The second-order valence-corrected chi connectivity index (χ2v) is 3.84. The van der Waals surface area contributed by atoms with Gasteiger partial charge in [0.05, 0.1) is 20.3 Å². The van der Waals surface area contributed by atoms with Crippen molar-refractivity contribution in [2.24, 2.45) is 0 Å². The van der Waals surface area contributed by atoms with Gasteiger partial charge in [0.15, 0.2) is 11.5 Å². The number of aliphatic hydroxyl groups is 1. The summed E-state index contributed by atoms with van der Waals surface area (Å²) in [6.07, 6.45) is 0.939. The number of rotatable bonds is 6. The maximum atomic E-state index is 9.88. The van der Waals surface area contributed by atoms with Crippen LogP contribution in [0.2, 0.25) is 0 Å². The van der Waals surface area contributed by atoms with E-state index in [1.807, 2.05) is 6.07 Å². The van der Waals surface area contributed by atoms with Crippen molar-refractivity contribution >= 4 is 11.6 Å². The fourth-order valence-corrected chi connectivity index (χ4v) is 1.65. The molecule has 4 heteroatoms. The zero-order valence-electron chi connectivity index (χ0n) is 9.57. The van der Waals surface area contributed by atoms with E-state index in [-0.39, 0.29) is 0 Å². The first kappa shape index (κ1) is 13.1. The summed E-state index contributed by atoms with van der Waals surface area (Å²) in [7, 11) is 3.16. The van der Waals surface area contributed by atoms with Gasteiger partial charge in [0.1, 0.15) is 0 Å². The summed E-state index contributed by atoms with van der Waals surface area (Å²) in [6, 6.07) is 5.41. The number of benzene rings is 1. The summed E-state index contributed by atoms with van der Waals surface area (Å²) in [5, 5.41) is 9.88. The molecule has 0 saturated heterocycles. The van der Waals surface area contributed by atoms with Gasteiger partial charge in [-0.15, -0.1) is 11.6 Å². The number of halogens is 1. The van der Waals surface area contributed by atoms with E-state index in [1.54, 1.807) is 26.4 Å². The highest BCUT2D eigenvalue weighted by Gasteiger charge is 2.11. The van der Waals surface area contributed by atoms with Crippen molar-refractivity contribution in [3.63, 3.8) is 0 Å². The highest BCUT2D eigenvalue weighted by molar-refractivity contribution is 6.17. The molecule has 90 valence electrons. The summed E-state index contributed by atoms with van der Waals surface area (Å²) in [5.74, 6) is 1.85. The largest absolute Gasteiger partial charge is 0.493 e. The van der Waals surface area contributed by atoms with E-state index in [1.165, 1.54) is 0 Å². The Morgan fingerprint density at radius 1 is 1.25 bits per heavy atom. The molecule has 0 aliphatic rings. The first-order valence-electron chi connectivity index (χ1n) is 5.19. The van der Waals surface area contributed by atoms with Crippen LogP contribution in [0.5, 0.6) is 11.5 Å². The van der Waals surface area contributed by atoms with Gasteiger partial charge in [0.25, 0.3) is 0 Å². The lowest BCUT2D eigenvalue weighted by Crippen LogP contribution is -1.99. The van der Waals surface area contributed by atoms with E-state index in [2.05, 4.69) is 0 Å². The second-order valence-electron chi connectivity index (χ2n) is 3.46. The van der Waals surface area contributed by atoms with Gasteiger partial charge in [-0.3, -0.25) is 0 Å². The molecule has 0 aliphatic heterocycles. The molecule has 0 heterocycles. The van der Waals surface area contributed by atoms with Crippen LogP contribution in [0.4, 0.5) is 0 Å². The van der Waals surface area contributed by atoms with Crippen LogP contribution in [0.3, 0.4) is 0 Å². The predicted octanol–water partition coefficient (Wildman–Crippen LogP) is 2.76. The number of ether oxygens (including phenoxy) is 2. The van der Waals surface area contributed by atoms with Crippen LogP contribution in [0, 0.1) is 0 Å². The molecule has 16 heavy (non-hydrogen) atoms. The van der Waals surface area contributed by atoms with Crippen LogP contribution in [0.15, 0.2) is 18.2 Å². The van der Waals surface area contributed by atoms with E-state index in [9.17, 15) is 5.11 Å². The molecule has 1 aromatic rings. The number of hydrogen-bond acceptors (Lipinski definition) is 3. The van der Waals surface area contributed by atoms with Crippen LogP contribution < -0.4 is 9.47 Å². The van der Waals surface area contributed by atoms with Gasteiger partial charge in [0.2, 0.25) is 0 Å². The van der Waals surface area contributed by atoms with Gasteiger partial charge in [-0.2, -0.15) is 0 Å². The summed E-state index contributed by atoms with van der Waals surface area (Å²) in [6.45, 7) is 0. The highest BCUT2D eigenvalue weighted by atomic mass is 35.5. The molecule has 0 fully saturated rings. The van der Waals surface area contributed by atoms with Crippen LogP contribution >= 0.6 is 11.6 Å². The minimum Gasteiger partial charge on any atom is -0.493 e. The van der Waals surface area contributed by atoms with Gasteiger partial charge in [-0.25, -0.2) is 0 Å². The number of hydrogen-bond donors (Lipinski definition) is 1. The third-order valence-corrected chi connectivity index (χ3v) is 2.67. The van der Waals surface area contributed by atoms with Gasteiger partial charge >= 0.3 is 0 Å². The Bertz CT molecular complexity index is 328. The Hall–Kier alpha value is -0.930. The molecule has 1 aromatic carbocycles. The highest BCUT2D eigenvalue weighted by Crippen LogP contribution is 2.31. The average Bonchev–Trinajstić information content (AvgIpc) is 2.34. The molecule has 1 unspecified atom stereocenters. The van der Waals surface area contributed by atoms with E-state index in [0.717, 1.165) is 12.0 Å². The molecule has 0 radical (unpaired) electrons. The minimum atomic E-state index is -0.501. The minimum absolute atomic E-state index is 0.501. The van der Waals surface area contributed by atoms with E-state index in [0.29, 0.717) is 23.8 Å². The first-order chi connectivity index (χ1) is 7.72. The number of aliphatic hydroxyl groups excluding tert-OH is 1. The molecule has 0 aromatic heterocycles. The number of methoxy groups -OCH3 is 2. The SMILES string of the molecule is COc1ccc(C(O)CCCCl)cc1OC. The Labute approximate surface area is 101 Å². The van der Waals surface area contributed by atoms with E-state index in [4.69, 9.17) is 21.1 Å². The quantitative estimate of drug-likeness (QED) is 0.782. The summed E-state index contributed by atoms with van der Waals surface area (Å²) < 4.78 is 10.3. The summed E-state index contributed by atoms with van der Waals surface area (Å²) in [4.78, 5) is 0. The van der Waals surface area contributed by atoms with Crippen LogP contribution in [-0.2, 0) is 0 Å². The molecule has 3 nitrogen and oxygen atoms in total. The standard InChI is InChI=1S/C12H17ClO3/c1-15-11-6-5-9(8-12(11)16-2)10(14)4-3-7-13/h5-6,8,10,14H,3-4,7H2,1-2H3. The van der Waals surface area contributed by atoms with Gasteiger partial charge in [-0.1, -0.05) is 6.07 Å². The van der Waals surface area contributed by atoms with Crippen molar-refractivity contribution in [2.75, 3.05) is 20.1 Å². The predicted molar refractivity (Wildman–Crippen MR) is 64.5 cm³/mol. The third kappa shape index (κ3) is 3.29. The molecule has 0 aliphatic carbocycles. The Morgan fingerprint density at radius 3 is 2.50 bits per heavy atom. The Kier molecular flexibility index (Phi) is 5.43. The molecule has 0 saturated carbocycles. The zero-order chi connectivity index (χ0) is 12.0. The van der Waals surface area contributed by atoms with Crippen LogP contribution in [-0.4, -0.2) is 25.2 Å². The monoisotopic (exact) mass is 244 g/mol. The van der Waals surface area contributed by atoms with Crippen molar-refractivity contribution in [1.29, 1.82) is 0 Å². The maximum Gasteiger partial charge on any atom is 0.161 e. The van der Waals surface area contributed by atoms with Crippen molar-refractivity contribution in [3.8, 4) is 11.5 Å². The summed E-state index contributed by atoms with van der Waals surface area (Å²) in [5.41, 5.74) is 0.822. The molecule has 1 rings (SSSR count). The second kappa shape index (κ2) is 6.61. The van der Waals surface area contributed by atoms with Crippen molar-refractivity contribution in [2.45, 2.75) is 18.9 Å². The molecule has 0 bridgehead atoms. The van der Waals surface area contributed by atoms with Gasteiger partial charge in [0, 0.05) is 5.88 Å². The van der Waals surface area contributed by atoms with Crippen molar-refractivity contribution < 1.29 is 14.6 Å². The van der Waals surface area contributed by atoms with E-state index >= 15 is 0 Å². The fourth-order valence-electron chi connectivity index (χ4n) is 1.50. The molecule has 0 spiro atoms. The zero-order valence-corrected chi connectivity index (χ0v) is 10.3. The Morgan fingerprint density at radius 2 is 1.94 bits per heavy atom. The first-order valence-corrected chi connectivity index (χ1v) is 5.72. The lowest BCUT2D eigenvalue weighted by atomic mass is 10.0. The molecular formula is C12H17ClO3. The smallest absolute Gasteiger partial charge is 0.161 e. The van der Waals surface area contributed by atoms with E-state index < -0.39 is 6.10 Å². The molecule has 1 N–H and O–H groups in total. The van der Waals surface area contributed by atoms with Crippen molar-refractivity contribution in [3.05, 3.63) is 23.8 Å². The summed E-state index contributed by atoms with van der Waals surface area (Å²) >= 11 is 5.58. The van der Waals surface area contributed by atoms with Crippen LogP contribution in [0.1, 0.15) is 24.5 Å². The van der Waals surface area contributed by atoms with Gasteiger partial charge < -0.3 is 14.6 Å².